The fourth-order valence-corrected chi connectivity index (χ4v) is 1.83. The summed E-state index contributed by atoms with van der Waals surface area (Å²) < 4.78 is 0. The maximum Gasteiger partial charge on any atom is 0.303 e. The van der Waals surface area contributed by atoms with E-state index in [1.165, 1.54) is 0 Å². The van der Waals surface area contributed by atoms with Crippen LogP contribution in [-0.4, -0.2) is 59.5 Å². The summed E-state index contributed by atoms with van der Waals surface area (Å²) in [5.41, 5.74) is 0. The highest BCUT2D eigenvalue weighted by atomic mass is 16.4. The molecule has 1 N–H and O–H groups in total. The van der Waals surface area contributed by atoms with E-state index in [1.807, 2.05) is 25.7 Å². The van der Waals surface area contributed by atoms with Crippen molar-refractivity contribution < 1.29 is 14.7 Å². The molecule has 0 aliphatic carbocycles. The number of likely N-dealkylation sites (N-methyl/N-ethyl adjacent to an activating group) is 1. The van der Waals surface area contributed by atoms with Gasteiger partial charge in [-0.3, -0.25) is 14.5 Å². The fourth-order valence-electron chi connectivity index (χ4n) is 1.83. The summed E-state index contributed by atoms with van der Waals surface area (Å²) in [5.74, 6) is -0.741. The summed E-state index contributed by atoms with van der Waals surface area (Å²) in [6, 6.07) is 0.0153. The van der Waals surface area contributed by atoms with Crippen LogP contribution in [0.4, 0.5) is 0 Å². The molecule has 0 aromatic rings. The Bertz CT molecular complexity index is 264. The average Bonchev–Trinajstić information content (AvgIpc) is 2.21. The summed E-state index contributed by atoms with van der Waals surface area (Å²) in [4.78, 5) is 25.9. The minimum Gasteiger partial charge on any atom is -0.481 e. The second-order valence-electron chi connectivity index (χ2n) is 4.74. The summed E-state index contributed by atoms with van der Waals surface area (Å²) in [5, 5.41) is 8.61. The van der Waals surface area contributed by atoms with Crippen LogP contribution >= 0.6 is 0 Å². The SMILES string of the molecule is CC(C)N(CCCC(=O)O)C(C)C(=O)N(C)C. The van der Waals surface area contributed by atoms with Gasteiger partial charge in [0.25, 0.3) is 0 Å². The topological polar surface area (TPSA) is 60.9 Å². The Morgan fingerprint density at radius 1 is 1.18 bits per heavy atom. The largest absolute Gasteiger partial charge is 0.481 e. The van der Waals surface area contributed by atoms with E-state index in [0.717, 1.165) is 0 Å². The molecule has 5 heteroatoms. The van der Waals surface area contributed by atoms with E-state index in [0.29, 0.717) is 13.0 Å². The lowest BCUT2D eigenvalue weighted by Gasteiger charge is -2.33. The van der Waals surface area contributed by atoms with Crippen LogP contribution in [0.15, 0.2) is 0 Å². The Labute approximate surface area is 103 Å². The molecule has 0 rings (SSSR count). The van der Waals surface area contributed by atoms with Crippen molar-refractivity contribution in [1.82, 2.24) is 9.80 Å². The lowest BCUT2D eigenvalue weighted by atomic mass is 10.1. The van der Waals surface area contributed by atoms with Crippen LogP contribution in [0.2, 0.25) is 0 Å². The maximum absolute atomic E-state index is 11.9. The van der Waals surface area contributed by atoms with E-state index in [4.69, 9.17) is 5.11 Å². The molecule has 1 unspecified atom stereocenters. The molecule has 0 aliphatic rings. The molecule has 0 aromatic carbocycles. The predicted octanol–water partition coefficient (Wildman–Crippen LogP) is 1.04. The molecule has 5 nitrogen and oxygen atoms in total. The third-order valence-electron chi connectivity index (χ3n) is 2.77. The van der Waals surface area contributed by atoms with Crippen molar-refractivity contribution in [2.45, 2.75) is 45.7 Å². The zero-order valence-corrected chi connectivity index (χ0v) is 11.4. The molecule has 0 radical (unpaired) electrons. The molecule has 0 fully saturated rings. The third-order valence-corrected chi connectivity index (χ3v) is 2.77. The second-order valence-corrected chi connectivity index (χ2v) is 4.74. The van der Waals surface area contributed by atoms with E-state index in [1.54, 1.807) is 19.0 Å². The van der Waals surface area contributed by atoms with Crippen LogP contribution in [-0.2, 0) is 9.59 Å². The number of carboxylic acid groups (broad SMARTS) is 1. The van der Waals surface area contributed by atoms with Gasteiger partial charge in [-0.25, -0.2) is 0 Å². The average molecular weight is 244 g/mol. The molecule has 0 saturated heterocycles. The second kappa shape index (κ2) is 7.27. The van der Waals surface area contributed by atoms with Gasteiger partial charge in [-0.1, -0.05) is 0 Å². The molecule has 100 valence electrons. The van der Waals surface area contributed by atoms with Gasteiger partial charge < -0.3 is 10.0 Å². The van der Waals surface area contributed by atoms with E-state index >= 15 is 0 Å². The Morgan fingerprint density at radius 2 is 1.71 bits per heavy atom. The number of carboxylic acids is 1. The van der Waals surface area contributed by atoms with Gasteiger partial charge in [0.1, 0.15) is 0 Å². The molecule has 0 spiro atoms. The molecule has 0 bridgehead atoms. The number of aliphatic carboxylic acids is 1. The number of amides is 1. The van der Waals surface area contributed by atoms with Crippen molar-refractivity contribution in [3.05, 3.63) is 0 Å². The first-order valence-corrected chi connectivity index (χ1v) is 5.96. The molecule has 1 amide bonds. The predicted molar refractivity (Wildman–Crippen MR) is 66.9 cm³/mol. The quantitative estimate of drug-likeness (QED) is 0.727. The number of carbonyl (C=O) groups excluding carboxylic acids is 1. The van der Waals surface area contributed by atoms with Gasteiger partial charge >= 0.3 is 5.97 Å². The van der Waals surface area contributed by atoms with Crippen molar-refractivity contribution in [2.75, 3.05) is 20.6 Å². The van der Waals surface area contributed by atoms with Gasteiger partial charge in [0.15, 0.2) is 0 Å². The molecular weight excluding hydrogens is 220 g/mol. The number of carbonyl (C=O) groups is 2. The van der Waals surface area contributed by atoms with E-state index in [2.05, 4.69) is 0 Å². The minimum absolute atomic E-state index is 0.0500. The van der Waals surface area contributed by atoms with E-state index in [-0.39, 0.29) is 24.4 Å². The molecule has 0 heterocycles. The Hall–Kier alpha value is -1.10. The van der Waals surface area contributed by atoms with Crippen LogP contribution in [0.5, 0.6) is 0 Å². The molecular formula is C12H24N2O3. The van der Waals surface area contributed by atoms with Crippen molar-refractivity contribution >= 4 is 11.9 Å². The first-order chi connectivity index (χ1) is 7.77. The first kappa shape index (κ1) is 15.9. The Balaban J connectivity index is 4.41. The molecule has 0 aromatic heterocycles. The van der Waals surface area contributed by atoms with E-state index < -0.39 is 5.97 Å². The monoisotopic (exact) mass is 244 g/mol. The highest BCUT2D eigenvalue weighted by Gasteiger charge is 2.24. The van der Waals surface area contributed by atoms with Crippen LogP contribution in [0.1, 0.15) is 33.6 Å². The molecule has 1 atom stereocenters. The standard InChI is InChI=1S/C12H24N2O3/c1-9(2)14(8-6-7-11(15)16)10(3)12(17)13(4)5/h9-10H,6-8H2,1-5H3,(H,15,16). The highest BCUT2D eigenvalue weighted by molar-refractivity contribution is 5.81. The normalized spacial score (nSPS) is 12.9. The van der Waals surface area contributed by atoms with E-state index in [9.17, 15) is 9.59 Å². The van der Waals surface area contributed by atoms with Crippen molar-refractivity contribution in [3.8, 4) is 0 Å². The third kappa shape index (κ3) is 5.68. The summed E-state index contributed by atoms with van der Waals surface area (Å²) >= 11 is 0. The van der Waals surface area contributed by atoms with Crippen LogP contribution in [0.3, 0.4) is 0 Å². The van der Waals surface area contributed by atoms with Crippen LogP contribution in [0.25, 0.3) is 0 Å². The minimum atomic E-state index is -0.791. The fraction of sp³-hybridized carbons (Fsp3) is 0.833. The molecule has 17 heavy (non-hydrogen) atoms. The lowest BCUT2D eigenvalue weighted by molar-refractivity contribution is -0.137. The number of nitrogens with zero attached hydrogens (tertiary/aromatic N) is 2. The van der Waals surface area contributed by atoms with Crippen LogP contribution in [0, 0.1) is 0 Å². The maximum atomic E-state index is 11.9. The van der Waals surface area contributed by atoms with Crippen molar-refractivity contribution in [3.63, 3.8) is 0 Å². The van der Waals surface area contributed by atoms with Gasteiger partial charge in [-0.2, -0.15) is 0 Å². The Kier molecular flexibility index (Phi) is 6.80. The van der Waals surface area contributed by atoms with Crippen LogP contribution < -0.4 is 0 Å². The summed E-state index contributed by atoms with van der Waals surface area (Å²) in [6.07, 6.45) is 0.713. The van der Waals surface area contributed by atoms with Gasteiger partial charge in [0.2, 0.25) is 5.91 Å². The Morgan fingerprint density at radius 3 is 2.06 bits per heavy atom. The van der Waals surface area contributed by atoms with Gasteiger partial charge in [-0.05, 0) is 33.7 Å². The van der Waals surface area contributed by atoms with Gasteiger partial charge in [-0.15, -0.1) is 0 Å². The smallest absolute Gasteiger partial charge is 0.303 e. The number of hydrogen-bond acceptors (Lipinski definition) is 3. The highest BCUT2D eigenvalue weighted by Crippen LogP contribution is 2.09. The summed E-state index contributed by atoms with van der Waals surface area (Å²) in [7, 11) is 3.46. The number of rotatable bonds is 7. The van der Waals surface area contributed by atoms with Crippen molar-refractivity contribution in [2.24, 2.45) is 0 Å². The first-order valence-electron chi connectivity index (χ1n) is 5.96. The molecule has 0 saturated carbocycles. The van der Waals surface area contributed by atoms with Gasteiger partial charge in [0, 0.05) is 26.6 Å². The zero-order valence-electron chi connectivity index (χ0n) is 11.4. The number of hydrogen-bond donors (Lipinski definition) is 1. The lowest BCUT2D eigenvalue weighted by Crippen LogP contribution is -2.48. The zero-order chi connectivity index (χ0) is 13.6. The van der Waals surface area contributed by atoms with Crippen molar-refractivity contribution in [1.29, 1.82) is 0 Å². The molecule has 0 aliphatic heterocycles. The summed E-state index contributed by atoms with van der Waals surface area (Å²) in [6.45, 7) is 6.52. The van der Waals surface area contributed by atoms with Gasteiger partial charge in [0.05, 0.1) is 6.04 Å².